The average molecular weight is 615 g/mol. The number of hydrogen-bond donors (Lipinski definition) is 0. The van der Waals surface area contributed by atoms with Crippen molar-refractivity contribution in [1.29, 1.82) is 0 Å². The van der Waals surface area contributed by atoms with Crippen molar-refractivity contribution in [3.63, 3.8) is 0 Å². The maximum Gasteiger partial charge on any atom is 0.154 e. The number of fused-ring (bicyclic) bond motifs is 4. The Balaban J connectivity index is 1.08. The molecule has 0 aliphatic heterocycles. The number of hydrogen-bond acceptors (Lipinski definition) is 3. The molecular weight excluding hydrogens is 585 g/mol. The van der Waals surface area contributed by atoms with Gasteiger partial charge in [-0.15, -0.1) is 0 Å². The molecule has 7 aromatic carbocycles. The highest BCUT2D eigenvalue weighted by Crippen LogP contribution is 2.38. The maximum atomic E-state index is 6.13. The van der Waals surface area contributed by atoms with Gasteiger partial charge >= 0.3 is 0 Å². The molecular formula is C45H30N2O. The Hall–Kier alpha value is -6.45. The maximum absolute atomic E-state index is 6.13. The largest absolute Gasteiger partial charge is 0.454 e. The molecule has 0 saturated heterocycles. The van der Waals surface area contributed by atoms with Crippen molar-refractivity contribution in [3.05, 3.63) is 182 Å². The summed E-state index contributed by atoms with van der Waals surface area (Å²) >= 11 is 0. The zero-order valence-corrected chi connectivity index (χ0v) is 26.1. The summed E-state index contributed by atoms with van der Waals surface area (Å²) in [6.07, 6.45) is 1.94. The molecule has 0 N–H and O–H groups in total. The lowest BCUT2D eigenvalue weighted by atomic mass is 10.0. The number of nitrogens with zero attached hydrogens (tertiary/aromatic N) is 2. The Morgan fingerprint density at radius 1 is 0.375 bits per heavy atom. The van der Waals surface area contributed by atoms with Crippen LogP contribution >= 0.6 is 0 Å². The summed E-state index contributed by atoms with van der Waals surface area (Å²) in [6.45, 7) is 0. The monoisotopic (exact) mass is 614 g/mol. The van der Waals surface area contributed by atoms with Crippen LogP contribution in [0.1, 0.15) is 0 Å². The lowest BCUT2D eigenvalue weighted by molar-refractivity contribution is 0.668. The van der Waals surface area contributed by atoms with Gasteiger partial charge in [-0.1, -0.05) is 115 Å². The zero-order chi connectivity index (χ0) is 31.9. The van der Waals surface area contributed by atoms with Crippen LogP contribution in [0.25, 0.3) is 66.2 Å². The lowest BCUT2D eigenvalue weighted by Gasteiger charge is -2.26. The zero-order valence-electron chi connectivity index (χ0n) is 26.1. The molecule has 0 aliphatic carbocycles. The third kappa shape index (κ3) is 5.08. The van der Waals surface area contributed by atoms with Crippen molar-refractivity contribution < 1.29 is 4.42 Å². The first-order chi connectivity index (χ1) is 23.8. The van der Waals surface area contributed by atoms with Gasteiger partial charge < -0.3 is 9.32 Å². The van der Waals surface area contributed by atoms with Gasteiger partial charge in [-0.25, -0.2) is 0 Å². The molecule has 9 aromatic rings. The number of anilines is 3. The number of para-hydroxylation sites is 1. The molecule has 3 nitrogen and oxygen atoms in total. The third-order valence-electron chi connectivity index (χ3n) is 9.11. The molecule has 3 heteroatoms. The van der Waals surface area contributed by atoms with Crippen molar-refractivity contribution in [2.75, 3.05) is 4.90 Å². The van der Waals surface area contributed by atoms with Gasteiger partial charge in [0.05, 0.1) is 0 Å². The summed E-state index contributed by atoms with van der Waals surface area (Å²) in [7, 11) is 0. The highest BCUT2D eigenvalue weighted by atomic mass is 16.3. The smallest absolute Gasteiger partial charge is 0.154 e. The fourth-order valence-corrected chi connectivity index (χ4v) is 6.61. The predicted molar refractivity (Wildman–Crippen MR) is 200 cm³/mol. The molecule has 226 valence electrons. The minimum Gasteiger partial charge on any atom is -0.454 e. The predicted octanol–water partition coefficient (Wildman–Crippen LogP) is 12.6. The van der Waals surface area contributed by atoms with Gasteiger partial charge in [-0.3, -0.25) is 4.98 Å². The van der Waals surface area contributed by atoms with Gasteiger partial charge in [0, 0.05) is 34.2 Å². The van der Waals surface area contributed by atoms with Crippen LogP contribution in [0.2, 0.25) is 0 Å². The van der Waals surface area contributed by atoms with Gasteiger partial charge in [0.25, 0.3) is 0 Å². The first-order valence-electron chi connectivity index (χ1n) is 16.2. The van der Waals surface area contributed by atoms with Gasteiger partial charge in [-0.05, 0) is 99.3 Å². The fraction of sp³-hybridized carbons (Fsp3) is 0. The molecule has 0 unspecified atom stereocenters. The van der Waals surface area contributed by atoms with Crippen LogP contribution in [0.4, 0.5) is 17.1 Å². The Labute approximate surface area is 279 Å². The quantitative estimate of drug-likeness (QED) is 0.187. The lowest BCUT2D eigenvalue weighted by Crippen LogP contribution is -2.09. The number of benzene rings is 7. The van der Waals surface area contributed by atoms with E-state index in [4.69, 9.17) is 9.40 Å². The van der Waals surface area contributed by atoms with Crippen LogP contribution in [0, 0.1) is 0 Å². The van der Waals surface area contributed by atoms with E-state index in [2.05, 4.69) is 163 Å². The second-order valence-corrected chi connectivity index (χ2v) is 12.1. The Morgan fingerprint density at radius 2 is 0.896 bits per heavy atom. The van der Waals surface area contributed by atoms with Gasteiger partial charge in [-0.2, -0.15) is 0 Å². The summed E-state index contributed by atoms with van der Waals surface area (Å²) in [5.74, 6) is 0. The van der Waals surface area contributed by atoms with E-state index in [-0.39, 0.29) is 0 Å². The SMILES string of the molecule is c1ccc(-c2ccc(N(c3ccc(-c4ccc5ccccc5c4)cc3)c3ccc(-c4cnc5c(c4)oc4ccccc45)cc3)cc2)cc1. The van der Waals surface area contributed by atoms with Crippen LogP contribution in [0.15, 0.2) is 187 Å². The molecule has 0 fully saturated rings. The number of aromatic nitrogens is 1. The second kappa shape index (κ2) is 11.7. The second-order valence-electron chi connectivity index (χ2n) is 12.1. The van der Waals surface area contributed by atoms with E-state index in [1.807, 2.05) is 24.4 Å². The Bertz CT molecular complexity index is 2530. The standard InChI is InChI=1S/C45H30N2O/c1-2-8-31(9-3-1)33-16-22-39(23-17-33)47(40-24-18-34(19-25-40)37-15-14-32-10-4-5-11-36(32)28-37)41-26-20-35(21-27-41)38-29-44-45(46-30-38)42-12-6-7-13-43(42)48-44/h1-30H. The Morgan fingerprint density at radius 3 is 1.58 bits per heavy atom. The summed E-state index contributed by atoms with van der Waals surface area (Å²) < 4.78 is 6.13. The topological polar surface area (TPSA) is 29.3 Å². The normalized spacial score (nSPS) is 11.3. The van der Waals surface area contributed by atoms with Crippen LogP contribution < -0.4 is 4.90 Å². The van der Waals surface area contributed by atoms with Crippen molar-refractivity contribution in [2.24, 2.45) is 0 Å². The van der Waals surface area contributed by atoms with Crippen LogP contribution in [0.5, 0.6) is 0 Å². The molecule has 9 rings (SSSR count). The molecule has 0 radical (unpaired) electrons. The van der Waals surface area contributed by atoms with Gasteiger partial charge in [0.2, 0.25) is 0 Å². The summed E-state index contributed by atoms with van der Waals surface area (Å²) in [5.41, 5.74) is 12.7. The molecule has 48 heavy (non-hydrogen) atoms. The summed E-state index contributed by atoms with van der Waals surface area (Å²) in [6, 6.07) is 62.1. The molecule has 0 bridgehead atoms. The molecule has 2 aromatic heterocycles. The van der Waals surface area contributed by atoms with Crippen LogP contribution in [-0.2, 0) is 0 Å². The molecule has 0 saturated carbocycles. The molecule has 0 aliphatic rings. The van der Waals surface area contributed by atoms with Gasteiger partial charge in [0.1, 0.15) is 11.1 Å². The first-order valence-corrected chi connectivity index (χ1v) is 16.2. The van der Waals surface area contributed by atoms with Crippen molar-refractivity contribution in [1.82, 2.24) is 4.98 Å². The number of pyridine rings is 1. The van der Waals surface area contributed by atoms with Crippen molar-refractivity contribution in [2.45, 2.75) is 0 Å². The number of furan rings is 1. The minimum absolute atomic E-state index is 0.796. The summed E-state index contributed by atoms with van der Waals surface area (Å²) in [5, 5.41) is 3.53. The van der Waals surface area contributed by atoms with Crippen molar-refractivity contribution >= 4 is 49.9 Å². The van der Waals surface area contributed by atoms with Crippen LogP contribution in [-0.4, -0.2) is 4.98 Å². The molecule has 0 amide bonds. The van der Waals surface area contributed by atoms with E-state index in [0.717, 1.165) is 50.3 Å². The first kappa shape index (κ1) is 27.8. The fourth-order valence-electron chi connectivity index (χ4n) is 6.61. The number of rotatable bonds is 6. The van der Waals surface area contributed by atoms with E-state index in [0.29, 0.717) is 0 Å². The van der Waals surface area contributed by atoms with E-state index >= 15 is 0 Å². The van der Waals surface area contributed by atoms with Crippen LogP contribution in [0.3, 0.4) is 0 Å². The minimum atomic E-state index is 0.796. The van der Waals surface area contributed by atoms with E-state index < -0.39 is 0 Å². The highest BCUT2D eigenvalue weighted by Gasteiger charge is 2.15. The van der Waals surface area contributed by atoms with E-state index in [9.17, 15) is 0 Å². The van der Waals surface area contributed by atoms with E-state index in [1.165, 1.54) is 33.0 Å². The molecule has 0 spiro atoms. The molecule has 0 atom stereocenters. The Kier molecular flexibility index (Phi) is 6.80. The summed E-state index contributed by atoms with van der Waals surface area (Å²) in [4.78, 5) is 7.09. The van der Waals surface area contributed by atoms with E-state index in [1.54, 1.807) is 0 Å². The van der Waals surface area contributed by atoms with Crippen molar-refractivity contribution in [3.8, 4) is 33.4 Å². The molecule has 2 heterocycles. The highest BCUT2D eigenvalue weighted by molar-refractivity contribution is 6.03. The average Bonchev–Trinajstić information content (AvgIpc) is 3.54. The third-order valence-corrected chi connectivity index (χ3v) is 9.11. The van der Waals surface area contributed by atoms with Gasteiger partial charge in [0.15, 0.2) is 5.58 Å².